The van der Waals surface area contributed by atoms with Crippen LogP contribution in [0.4, 0.5) is 5.82 Å². The van der Waals surface area contributed by atoms with Gasteiger partial charge in [-0.3, -0.25) is 4.68 Å². The topological polar surface area (TPSA) is 81.7 Å². The fourth-order valence-corrected chi connectivity index (χ4v) is 1.85. The van der Waals surface area contributed by atoms with E-state index in [9.17, 15) is 0 Å². The van der Waals surface area contributed by atoms with Crippen LogP contribution in [0.5, 0.6) is 0 Å². The van der Waals surface area contributed by atoms with Crippen molar-refractivity contribution >= 4 is 16.9 Å². The summed E-state index contributed by atoms with van der Waals surface area (Å²) in [5, 5.41) is 8.54. The lowest BCUT2D eigenvalue weighted by Gasteiger charge is -2.16. The fourth-order valence-electron chi connectivity index (χ4n) is 1.85. The van der Waals surface area contributed by atoms with E-state index in [1.807, 2.05) is 7.05 Å². The van der Waals surface area contributed by atoms with Gasteiger partial charge in [0, 0.05) is 13.1 Å². The maximum atomic E-state index is 5.59. The minimum absolute atomic E-state index is 0.346. The summed E-state index contributed by atoms with van der Waals surface area (Å²) in [7, 11) is 1.87. The van der Waals surface area contributed by atoms with E-state index in [1.54, 1.807) is 17.2 Å². The molecule has 0 bridgehead atoms. The first kappa shape index (κ1) is 11.8. The van der Waals surface area contributed by atoms with E-state index in [-0.39, 0.29) is 0 Å². The zero-order valence-electron chi connectivity index (χ0n) is 10.2. The minimum atomic E-state index is 0.346. The molecule has 0 saturated heterocycles. The van der Waals surface area contributed by atoms with Crippen LogP contribution in [0, 0.1) is 0 Å². The first-order valence-electron chi connectivity index (χ1n) is 5.85. The highest BCUT2D eigenvalue weighted by atomic mass is 15.3. The van der Waals surface area contributed by atoms with Crippen molar-refractivity contribution in [1.82, 2.24) is 19.7 Å². The summed E-state index contributed by atoms with van der Waals surface area (Å²) in [6.45, 7) is 2.81. The van der Waals surface area contributed by atoms with E-state index in [0.717, 1.165) is 29.7 Å². The van der Waals surface area contributed by atoms with E-state index in [0.29, 0.717) is 12.6 Å². The lowest BCUT2D eigenvalue weighted by Crippen LogP contribution is -2.22. The van der Waals surface area contributed by atoms with Crippen molar-refractivity contribution < 1.29 is 0 Å². The van der Waals surface area contributed by atoms with E-state index >= 15 is 0 Å². The maximum Gasteiger partial charge on any atom is 0.163 e. The van der Waals surface area contributed by atoms with Crippen LogP contribution < -0.4 is 11.1 Å². The molecule has 1 atom stereocenters. The van der Waals surface area contributed by atoms with Gasteiger partial charge < -0.3 is 11.1 Å². The lowest BCUT2D eigenvalue weighted by atomic mass is 10.1. The van der Waals surface area contributed by atoms with E-state index in [1.165, 1.54) is 0 Å². The number of nitrogens with zero attached hydrogens (tertiary/aromatic N) is 4. The highest BCUT2D eigenvalue weighted by Crippen LogP contribution is 2.19. The molecule has 6 nitrogen and oxygen atoms in total. The Labute approximate surface area is 100 Å². The number of nitrogens with one attached hydrogen (secondary N) is 1. The quantitative estimate of drug-likeness (QED) is 0.803. The van der Waals surface area contributed by atoms with E-state index in [2.05, 4.69) is 27.3 Å². The Morgan fingerprint density at radius 1 is 1.47 bits per heavy atom. The molecule has 0 aliphatic rings. The molecule has 1 unspecified atom stereocenters. The smallest absolute Gasteiger partial charge is 0.163 e. The van der Waals surface area contributed by atoms with Gasteiger partial charge in [0.15, 0.2) is 5.65 Å². The predicted octanol–water partition coefficient (Wildman–Crippen LogP) is 0.903. The summed E-state index contributed by atoms with van der Waals surface area (Å²) in [5.74, 6) is 0.836. The molecule has 0 amide bonds. The zero-order chi connectivity index (χ0) is 12.3. The predicted molar refractivity (Wildman–Crippen MR) is 67.7 cm³/mol. The number of fused-ring (bicyclic) bond motifs is 1. The Morgan fingerprint density at radius 3 is 3.00 bits per heavy atom. The molecule has 2 rings (SSSR count). The third kappa shape index (κ3) is 2.36. The van der Waals surface area contributed by atoms with Gasteiger partial charge in [0.2, 0.25) is 0 Å². The third-order valence-electron chi connectivity index (χ3n) is 2.88. The van der Waals surface area contributed by atoms with Gasteiger partial charge in [0.1, 0.15) is 12.1 Å². The average molecular weight is 234 g/mol. The Balaban J connectivity index is 2.29. The number of hydrogen-bond acceptors (Lipinski definition) is 5. The van der Waals surface area contributed by atoms with Crippen molar-refractivity contribution in [2.75, 3.05) is 11.9 Å². The normalized spacial score (nSPS) is 12.9. The standard InChI is InChI=1S/C11H18N6/c1-3-8(4-5-12)16-10-9-6-15-17(2)11(9)14-7-13-10/h6-8H,3-5,12H2,1-2H3,(H,13,14,16). The van der Waals surface area contributed by atoms with Crippen molar-refractivity contribution in [2.45, 2.75) is 25.8 Å². The van der Waals surface area contributed by atoms with Gasteiger partial charge in [-0.2, -0.15) is 5.10 Å². The Hall–Kier alpha value is -1.69. The summed E-state index contributed by atoms with van der Waals surface area (Å²) >= 11 is 0. The van der Waals surface area contributed by atoms with Gasteiger partial charge in [-0.25, -0.2) is 9.97 Å². The second-order valence-electron chi connectivity index (χ2n) is 4.05. The molecule has 17 heavy (non-hydrogen) atoms. The maximum absolute atomic E-state index is 5.59. The molecule has 6 heteroatoms. The number of aryl methyl sites for hydroxylation is 1. The van der Waals surface area contributed by atoms with Gasteiger partial charge >= 0.3 is 0 Å². The highest BCUT2D eigenvalue weighted by molar-refractivity contribution is 5.86. The van der Waals surface area contributed by atoms with Crippen LogP contribution in [-0.2, 0) is 7.05 Å². The summed E-state index contributed by atoms with van der Waals surface area (Å²) < 4.78 is 1.74. The Kier molecular flexibility index (Phi) is 3.53. The minimum Gasteiger partial charge on any atom is -0.367 e. The number of rotatable bonds is 5. The number of nitrogens with two attached hydrogens (primary N) is 1. The van der Waals surface area contributed by atoms with E-state index in [4.69, 9.17) is 5.73 Å². The largest absolute Gasteiger partial charge is 0.367 e. The van der Waals surface area contributed by atoms with E-state index < -0.39 is 0 Å². The van der Waals surface area contributed by atoms with Crippen molar-refractivity contribution in [3.05, 3.63) is 12.5 Å². The Bertz CT molecular complexity index is 492. The number of aromatic nitrogens is 4. The Morgan fingerprint density at radius 2 is 2.29 bits per heavy atom. The highest BCUT2D eigenvalue weighted by Gasteiger charge is 2.11. The van der Waals surface area contributed by atoms with Crippen LogP contribution >= 0.6 is 0 Å². The molecule has 0 aromatic carbocycles. The van der Waals surface area contributed by atoms with Gasteiger partial charge in [-0.05, 0) is 19.4 Å². The number of anilines is 1. The molecule has 92 valence electrons. The van der Waals surface area contributed by atoms with Crippen molar-refractivity contribution in [3.63, 3.8) is 0 Å². The molecule has 0 aliphatic carbocycles. The molecule has 2 heterocycles. The summed E-state index contributed by atoms with van der Waals surface area (Å²) in [6, 6.07) is 0.346. The molecule has 3 N–H and O–H groups in total. The second-order valence-corrected chi connectivity index (χ2v) is 4.05. The van der Waals surface area contributed by atoms with Crippen LogP contribution in [0.2, 0.25) is 0 Å². The molecule has 2 aromatic heterocycles. The SMILES string of the molecule is CCC(CCN)Nc1ncnc2c1cnn2C. The van der Waals surface area contributed by atoms with Crippen molar-refractivity contribution in [3.8, 4) is 0 Å². The third-order valence-corrected chi connectivity index (χ3v) is 2.88. The molecular formula is C11H18N6. The lowest BCUT2D eigenvalue weighted by molar-refractivity contribution is 0.640. The van der Waals surface area contributed by atoms with Crippen LogP contribution in [0.3, 0.4) is 0 Å². The molecule has 0 radical (unpaired) electrons. The summed E-state index contributed by atoms with van der Waals surface area (Å²) in [6.07, 6.45) is 5.29. The molecule has 0 fully saturated rings. The van der Waals surface area contributed by atoms with Crippen molar-refractivity contribution in [2.24, 2.45) is 12.8 Å². The van der Waals surface area contributed by atoms with Crippen molar-refractivity contribution in [1.29, 1.82) is 0 Å². The van der Waals surface area contributed by atoms with Gasteiger partial charge in [-0.1, -0.05) is 6.92 Å². The monoisotopic (exact) mass is 234 g/mol. The molecular weight excluding hydrogens is 216 g/mol. The van der Waals surface area contributed by atoms with Crippen LogP contribution in [0.1, 0.15) is 19.8 Å². The molecule has 0 saturated carbocycles. The van der Waals surface area contributed by atoms with Crippen LogP contribution in [0.15, 0.2) is 12.5 Å². The zero-order valence-corrected chi connectivity index (χ0v) is 10.2. The average Bonchev–Trinajstić information content (AvgIpc) is 2.72. The fraction of sp³-hybridized carbons (Fsp3) is 0.545. The van der Waals surface area contributed by atoms with Gasteiger partial charge in [-0.15, -0.1) is 0 Å². The molecule has 0 aliphatic heterocycles. The van der Waals surface area contributed by atoms with Gasteiger partial charge in [0.05, 0.1) is 11.6 Å². The first-order chi connectivity index (χ1) is 8.26. The summed E-state index contributed by atoms with van der Waals surface area (Å²) in [4.78, 5) is 8.48. The summed E-state index contributed by atoms with van der Waals surface area (Å²) in [5.41, 5.74) is 6.42. The molecule has 0 spiro atoms. The first-order valence-corrected chi connectivity index (χ1v) is 5.85. The molecule has 2 aromatic rings. The van der Waals surface area contributed by atoms with Gasteiger partial charge in [0.25, 0.3) is 0 Å². The van der Waals surface area contributed by atoms with Crippen LogP contribution in [0.25, 0.3) is 11.0 Å². The second kappa shape index (κ2) is 5.09. The number of hydrogen-bond donors (Lipinski definition) is 2. The van der Waals surface area contributed by atoms with Crippen LogP contribution in [-0.4, -0.2) is 32.3 Å².